The van der Waals surface area contributed by atoms with Crippen LogP contribution < -0.4 is 0 Å². The SMILES string of the molecule is Cc1c(C2CCN(S(=O)(=O)c3ccc(Br)cc3)CC2)c2ccccc2n1Cc1ccc(F)cc1. The van der Waals surface area contributed by atoms with Crippen LogP contribution in [-0.2, 0) is 16.6 Å². The highest BCUT2D eigenvalue weighted by atomic mass is 79.9. The van der Waals surface area contributed by atoms with Crippen LogP contribution in [0.5, 0.6) is 0 Å². The normalized spacial score (nSPS) is 15.7. The molecule has 5 rings (SSSR count). The van der Waals surface area contributed by atoms with Gasteiger partial charge in [-0.05, 0) is 79.3 Å². The highest BCUT2D eigenvalue weighted by Crippen LogP contribution is 2.38. The first kappa shape index (κ1) is 23.3. The van der Waals surface area contributed by atoms with Crippen LogP contribution in [0.3, 0.4) is 0 Å². The van der Waals surface area contributed by atoms with E-state index in [1.165, 1.54) is 28.8 Å². The average Bonchev–Trinajstić information content (AvgIpc) is 3.12. The van der Waals surface area contributed by atoms with Crippen LogP contribution in [-0.4, -0.2) is 30.4 Å². The van der Waals surface area contributed by atoms with Gasteiger partial charge in [-0.2, -0.15) is 4.31 Å². The number of benzene rings is 3. The molecule has 2 heterocycles. The third-order valence-corrected chi connectivity index (χ3v) is 9.29. The summed E-state index contributed by atoms with van der Waals surface area (Å²) in [4.78, 5) is 0.334. The minimum absolute atomic E-state index is 0.233. The number of aromatic nitrogens is 1. The first-order valence-electron chi connectivity index (χ1n) is 11.4. The Morgan fingerprint density at radius 3 is 2.26 bits per heavy atom. The molecular weight excluding hydrogens is 515 g/mol. The van der Waals surface area contributed by atoms with Gasteiger partial charge in [-0.1, -0.05) is 46.3 Å². The number of nitrogens with zero attached hydrogens (tertiary/aromatic N) is 2. The molecule has 1 saturated heterocycles. The van der Waals surface area contributed by atoms with Gasteiger partial charge in [0, 0.05) is 40.7 Å². The zero-order chi connectivity index (χ0) is 23.9. The summed E-state index contributed by atoms with van der Waals surface area (Å²) in [6.45, 7) is 3.81. The Hall–Kier alpha value is -2.48. The Labute approximate surface area is 208 Å². The lowest BCUT2D eigenvalue weighted by molar-refractivity contribution is 0.319. The van der Waals surface area contributed by atoms with Crippen LogP contribution in [0.1, 0.15) is 35.6 Å². The van der Waals surface area contributed by atoms with Crippen molar-refractivity contribution in [3.8, 4) is 0 Å². The lowest BCUT2D eigenvalue weighted by Gasteiger charge is -2.31. The van der Waals surface area contributed by atoms with E-state index in [1.807, 2.05) is 18.2 Å². The molecule has 34 heavy (non-hydrogen) atoms. The molecule has 176 valence electrons. The van der Waals surface area contributed by atoms with Crippen LogP contribution >= 0.6 is 15.9 Å². The summed E-state index contributed by atoms with van der Waals surface area (Å²) >= 11 is 3.37. The van der Waals surface area contributed by atoms with E-state index in [0.29, 0.717) is 24.5 Å². The molecule has 0 atom stereocenters. The van der Waals surface area contributed by atoms with Crippen molar-refractivity contribution in [3.63, 3.8) is 0 Å². The Kier molecular flexibility index (Phi) is 6.35. The molecule has 1 fully saturated rings. The lowest BCUT2D eigenvalue weighted by Crippen LogP contribution is -2.38. The third-order valence-electron chi connectivity index (χ3n) is 6.85. The average molecular weight is 541 g/mol. The van der Waals surface area contributed by atoms with Crippen molar-refractivity contribution in [2.45, 2.75) is 37.1 Å². The van der Waals surface area contributed by atoms with Crippen LogP contribution in [0, 0.1) is 12.7 Å². The maximum Gasteiger partial charge on any atom is 0.243 e. The molecule has 0 amide bonds. The smallest absolute Gasteiger partial charge is 0.243 e. The second kappa shape index (κ2) is 9.29. The Bertz CT molecular complexity index is 1420. The van der Waals surface area contributed by atoms with Crippen molar-refractivity contribution < 1.29 is 12.8 Å². The number of fused-ring (bicyclic) bond motifs is 1. The fourth-order valence-electron chi connectivity index (χ4n) is 5.09. The summed E-state index contributed by atoms with van der Waals surface area (Å²) in [5, 5.41) is 1.22. The summed E-state index contributed by atoms with van der Waals surface area (Å²) in [7, 11) is -3.50. The summed E-state index contributed by atoms with van der Waals surface area (Å²) in [5.74, 6) is 0.0547. The van der Waals surface area contributed by atoms with Gasteiger partial charge in [0.2, 0.25) is 10.0 Å². The largest absolute Gasteiger partial charge is 0.340 e. The minimum Gasteiger partial charge on any atom is -0.340 e. The van der Waals surface area contributed by atoms with Gasteiger partial charge in [0.05, 0.1) is 4.90 Å². The Morgan fingerprint density at radius 2 is 1.59 bits per heavy atom. The fourth-order valence-corrected chi connectivity index (χ4v) is 6.82. The van der Waals surface area contributed by atoms with E-state index in [1.54, 1.807) is 28.6 Å². The Morgan fingerprint density at radius 1 is 0.941 bits per heavy atom. The molecule has 0 N–H and O–H groups in total. The number of piperidine rings is 1. The number of hydrogen-bond donors (Lipinski definition) is 0. The van der Waals surface area contributed by atoms with E-state index >= 15 is 0 Å². The van der Waals surface area contributed by atoms with E-state index in [4.69, 9.17) is 0 Å². The van der Waals surface area contributed by atoms with Gasteiger partial charge in [0.15, 0.2) is 0 Å². The van der Waals surface area contributed by atoms with Gasteiger partial charge in [-0.15, -0.1) is 0 Å². The highest BCUT2D eigenvalue weighted by molar-refractivity contribution is 9.10. The number of hydrogen-bond acceptors (Lipinski definition) is 2. The van der Waals surface area contributed by atoms with E-state index in [-0.39, 0.29) is 11.7 Å². The number of sulfonamides is 1. The third kappa shape index (κ3) is 4.32. The van der Waals surface area contributed by atoms with E-state index in [2.05, 4.69) is 45.6 Å². The first-order chi connectivity index (χ1) is 16.3. The van der Waals surface area contributed by atoms with E-state index < -0.39 is 10.0 Å². The predicted octanol–water partition coefficient (Wildman–Crippen LogP) is 6.47. The predicted molar refractivity (Wildman–Crippen MR) is 137 cm³/mol. The van der Waals surface area contributed by atoms with Crippen molar-refractivity contribution in [2.75, 3.05) is 13.1 Å². The molecule has 0 bridgehead atoms. The molecule has 3 aromatic carbocycles. The van der Waals surface area contributed by atoms with Crippen LogP contribution in [0.25, 0.3) is 10.9 Å². The molecule has 0 aliphatic carbocycles. The maximum atomic E-state index is 13.4. The summed E-state index contributed by atoms with van der Waals surface area (Å²) in [5.41, 5.74) is 4.70. The molecule has 4 aromatic rings. The van der Waals surface area contributed by atoms with Crippen LogP contribution in [0.2, 0.25) is 0 Å². The van der Waals surface area contributed by atoms with Crippen molar-refractivity contribution in [1.29, 1.82) is 0 Å². The summed E-state index contributed by atoms with van der Waals surface area (Å²) in [6, 6.07) is 21.9. The van der Waals surface area contributed by atoms with Gasteiger partial charge in [0.1, 0.15) is 5.82 Å². The second-order valence-electron chi connectivity index (χ2n) is 8.86. The molecule has 1 aliphatic rings. The van der Waals surface area contributed by atoms with Gasteiger partial charge < -0.3 is 4.57 Å². The molecule has 1 aliphatic heterocycles. The van der Waals surface area contributed by atoms with E-state index in [9.17, 15) is 12.8 Å². The molecule has 1 aromatic heterocycles. The van der Waals surface area contributed by atoms with Gasteiger partial charge in [0.25, 0.3) is 0 Å². The summed E-state index contributed by atoms with van der Waals surface area (Å²) < 4.78 is 44.4. The van der Waals surface area contributed by atoms with Crippen molar-refractivity contribution in [1.82, 2.24) is 8.87 Å². The number of halogens is 2. The Balaban J connectivity index is 1.42. The van der Waals surface area contributed by atoms with Gasteiger partial charge in [-0.25, -0.2) is 12.8 Å². The topological polar surface area (TPSA) is 42.3 Å². The first-order valence-corrected chi connectivity index (χ1v) is 13.7. The molecule has 0 saturated carbocycles. The van der Waals surface area contributed by atoms with Gasteiger partial charge in [-0.3, -0.25) is 0 Å². The minimum atomic E-state index is -3.50. The molecule has 7 heteroatoms. The highest BCUT2D eigenvalue weighted by Gasteiger charge is 2.32. The zero-order valence-electron chi connectivity index (χ0n) is 18.9. The summed E-state index contributed by atoms with van der Waals surface area (Å²) in [6.07, 6.45) is 1.56. The molecule has 0 spiro atoms. The van der Waals surface area contributed by atoms with Crippen molar-refractivity contribution in [2.24, 2.45) is 0 Å². The fraction of sp³-hybridized carbons (Fsp3) is 0.259. The molecule has 0 radical (unpaired) electrons. The van der Waals surface area contributed by atoms with Gasteiger partial charge >= 0.3 is 0 Å². The standard InChI is InChI=1S/C27H26BrFN2O2S/c1-19-27(21-14-16-30(17-15-21)34(32,33)24-12-8-22(28)9-13-24)25-4-2-3-5-26(25)31(19)18-20-6-10-23(29)11-7-20/h2-13,21H,14-18H2,1H3. The lowest BCUT2D eigenvalue weighted by atomic mass is 9.88. The molecule has 4 nitrogen and oxygen atoms in total. The van der Waals surface area contributed by atoms with Crippen molar-refractivity contribution >= 4 is 36.9 Å². The quantitative estimate of drug-likeness (QED) is 0.291. The molecular formula is C27H26BrFN2O2S. The molecule has 0 unspecified atom stereocenters. The second-order valence-corrected chi connectivity index (χ2v) is 11.7. The number of para-hydroxylation sites is 1. The van der Waals surface area contributed by atoms with Crippen LogP contribution in [0.15, 0.2) is 82.2 Å². The maximum absolute atomic E-state index is 13.4. The monoisotopic (exact) mass is 540 g/mol. The zero-order valence-corrected chi connectivity index (χ0v) is 21.3. The van der Waals surface area contributed by atoms with Crippen molar-refractivity contribution in [3.05, 3.63) is 99.9 Å². The number of rotatable bonds is 5. The van der Waals surface area contributed by atoms with E-state index in [0.717, 1.165) is 28.4 Å². The van der Waals surface area contributed by atoms with Crippen LogP contribution in [0.4, 0.5) is 4.39 Å².